The lowest BCUT2D eigenvalue weighted by Gasteiger charge is -2.41. The summed E-state index contributed by atoms with van der Waals surface area (Å²) in [6, 6.07) is 7.82. The summed E-state index contributed by atoms with van der Waals surface area (Å²) in [5.74, 6) is -0.356. The Balaban J connectivity index is 1.29. The van der Waals surface area contributed by atoms with E-state index in [4.69, 9.17) is 0 Å². The summed E-state index contributed by atoms with van der Waals surface area (Å²) in [5, 5.41) is 4.18. The number of hydrogen-bond acceptors (Lipinski definition) is 6. The van der Waals surface area contributed by atoms with Gasteiger partial charge in [0, 0.05) is 56.1 Å². The lowest BCUT2D eigenvalue weighted by molar-refractivity contribution is -0.134. The van der Waals surface area contributed by atoms with Crippen LogP contribution in [0.5, 0.6) is 0 Å². The van der Waals surface area contributed by atoms with E-state index in [1.165, 1.54) is 11.6 Å². The second-order valence-electron chi connectivity index (χ2n) is 10.3. The number of Topliss-reactive ketones (excluding diaryl/α,β-unsaturated/α-hetero) is 1. The van der Waals surface area contributed by atoms with Crippen LogP contribution in [0, 0.1) is 19.8 Å². The third-order valence-corrected chi connectivity index (χ3v) is 8.30. The monoisotopic (exact) mass is 536 g/mol. The molecule has 0 aromatic carbocycles. The lowest BCUT2D eigenvalue weighted by atomic mass is 9.96. The minimum Gasteiger partial charge on any atom is -0.335 e. The van der Waals surface area contributed by atoms with Crippen LogP contribution < -0.4 is 0 Å². The van der Waals surface area contributed by atoms with Gasteiger partial charge in [-0.25, -0.2) is 4.98 Å². The molecule has 1 saturated heterocycles. The van der Waals surface area contributed by atoms with Crippen LogP contribution in [0.2, 0.25) is 0 Å². The number of thiophene rings is 1. The molecule has 0 saturated carbocycles. The molecule has 1 aliphatic heterocycles. The molecule has 1 fully saturated rings. The van der Waals surface area contributed by atoms with Crippen LogP contribution in [0.4, 0.5) is 4.39 Å². The van der Waals surface area contributed by atoms with Gasteiger partial charge in [0.05, 0.1) is 12.1 Å². The average molecular weight is 537 g/mol. The molecule has 0 spiro atoms. The van der Waals surface area contributed by atoms with Crippen molar-refractivity contribution in [2.24, 2.45) is 0 Å². The average Bonchev–Trinajstić information content (AvgIpc) is 3.41. The molecule has 202 valence electrons. The maximum Gasteiger partial charge on any atom is 0.227 e. The first-order valence-corrected chi connectivity index (χ1v) is 14.4. The summed E-state index contributed by atoms with van der Waals surface area (Å²) in [5.41, 5.74) is 3.79. The summed E-state index contributed by atoms with van der Waals surface area (Å²) >= 11 is 1.66. The molecular formula is C30H37FN4O2S. The molecule has 0 bridgehead atoms. The van der Waals surface area contributed by atoms with Crippen molar-refractivity contribution in [3.8, 4) is 0 Å². The van der Waals surface area contributed by atoms with E-state index in [1.54, 1.807) is 37.6 Å². The Bertz CT molecular complexity index is 1190. The van der Waals surface area contributed by atoms with E-state index in [1.807, 2.05) is 12.1 Å². The molecule has 0 unspecified atom stereocenters. The van der Waals surface area contributed by atoms with Crippen LogP contribution in [0.15, 0.2) is 47.4 Å². The molecule has 6 nitrogen and oxygen atoms in total. The van der Waals surface area contributed by atoms with Gasteiger partial charge in [0.2, 0.25) is 11.9 Å². The molecule has 4 heterocycles. The van der Waals surface area contributed by atoms with E-state index in [0.717, 1.165) is 44.3 Å². The van der Waals surface area contributed by atoms with E-state index in [9.17, 15) is 14.0 Å². The number of piperidine rings is 1. The first-order chi connectivity index (χ1) is 18.3. The quantitative estimate of drug-likeness (QED) is 0.230. The van der Waals surface area contributed by atoms with Crippen LogP contribution in [0.25, 0.3) is 0 Å². The van der Waals surface area contributed by atoms with Gasteiger partial charge in [-0.2, -0.15) is 15.7 Å². The van der Waals surface area contributed by atoms with Crippen molar-refractivity contribution in [1.82, 2.24) is 19.8 Å². The van der Waals surface area contributed by atoms with Crippen molar-refractivity contribution in [1.29, 1.82) is 0 Å². The number of carbonyl (C=O) groups excluding carboxylic acids is 2. The molecular weight excluding hydrogens is 499 g/mol. The smallest absolute Gasteiger partial charge is 0.227 e. The number of ketones is 1. The first-order valence-electron chi connectivity index (χ1n) is 13.4. The Morgan fingerprint density at radius 1 is 1.21 bits per heavy atom. The highest BCUT2D eigenvalue weighted by Gasteiger charge is 2.30. The predicted molar refractivity (Wildman–Crippen MR) is 149 cm³/mol. The van der Waals surface area contributed by atoms with Gasteiger partial charge in [0.15, 0.2) is 5.78 Å². The third-order valence-electron chi connectivity index (χ3n) is 7.57. The van der Waals surface area contributed by atoms with Crippen LogP contribution in [0.3, 0.4) is 0 Å². The van der Waals surface area contributed by atoms with Gasteiger partial charge in [-0.3, -0.25) is 14.6 Å². The van der Waals surface area contributed by atoms with Crippen LogP contribution >= 0.6 is 11.3 Å². The summed E-state index contributed by atoms with van der Waals surface area (Å²) in [6.45, 7) is 8.18. The number of likely N-dealkylation sites (tertiary alicyclic amines) is 1. The molecule has 0 radical (unpaired) electrons. The van der Waals surface area contributed by atoms with Crippen molar-refractivity contribution in [2.75, 3.05) is 13.1 Å². The number of amides is 1. The van der Waals surface area contributed by atoms with Crippen molar-refractivity contribution < 1.29 is 14.0 Å². The molecule has 1 atom stereocenters. The van der Waals surface area contributed by atoms with E-state index in [-0.39, 0.29) is 17.7 Å². The fourth-order valence-corrected chi connectivity index (χ4v) is 6.15. The minimum absolute atomic E-state index is 0.0367. The van der Waals surface area contributed by atoms with Crippen LogP contribution in [-0.4, -0.2) is 56.6 Å². The predicted octanol–water partition coefficient (Wildman–Crippen LogP) is 5.77. The van der Waals surface area contributed by atoms with Gasteiger partial charge in [0.25, 0.3) is 0 Å². The fourth-order valence-electron chi connectivity index (χ4n) is 5.49. The fraction of sp³-hybridized carbons (Fsp3) is 0.467. The maximum absolute atomic E-state index is 13.5. The summed E-state index contributed by atoms with van der Waals surface area (Å²) < 4.78 is 13.5. The molecule has 0 aliphatic carbocycles. The zero-order valence-electron chi connectivity index (χ0n) is 22.5. The highest BCUT2D eigenvalue weighted by atomic mass is 32.1. The van der Waals surface area contributed by atoms with E-state index in [0.29, 0.717) is 42.2 Å². The Morgan fingerprint density at radius 3 is 2.66 bits per heavy atom. The van der Waals surface area contributed by atoms with E-state index in [2.05, 4.69) is 43.5 Å². The first kappa shape index (κ1) is 28.0. The number of hydrogen-bond donors (Lipinski definition) is 0. The summed E-state index contributed by atoms with van der Waals surface area (Å²) in [4.78, 5) is 38.7. The van der Waals surface area contributed by atoms with Gasteiger partial charge in [0.1, 0.15) is 0 Å². The van der Waals surface area contributed by atoms with E-state index >= 15 is 0 Å². The van der Waals surface area contributed by atoms with Crippen molar-refractivity contribution in [2.45, 2.75) is 77.9 Å². The van der Waals surface area contributed by atoms with Crippen molar-refractivity contribution in [3.63, 3.8) is 0 Å². The summed E-state index contributed by atoms with van der Waals surface area (Å²) in [6.07, 6.45) is 7.87. The van der Waals surface area contributed by atoms with Gasteiger partial charge in [-0.15, -0.1) is 0 Å². The molecule has 3 aromatic heterocycles. The largest absolute Gasteiger partial charge is 0.335 e. The Morgan fingerprint density at radius 2 is 2.00 bits per heavy atom. The number of nitrogens with zero attached hydrogens (tertiary/aromatic N) is 4. The van der Waals surface area contributed by atoms with Crippen molar-refractivity contribution in [3.05, 3.63) is 81.3 Å². The highest BCUT2D eigenvalue weighted by molar-refractivity contribution is 7.07. The topological polar surface area (TPSA) is 66.4 Å². The number of pyridine rings is 2. The molecule has 3 aromatic rings. The van der Waals surface area contributed by atoms with Crippen LogP contribution in [0.1, 0.15) is 71.8 Å². The Kier molecular flexibility index (Phi) is 9.74. The normalized spacial score (nSPS) is 15.4. The van der Waals surface area contributed by atoms with E-state index < -0.39 is 5.95 Å². The van der Waals surface area contributed by atoms with Gasteiger partial charge >= 0.3 is 0 Å². The minimum atomic E-state index is -0.541. The molecule has 0 N–H and O–H groups in total. The number of carbonyl (C=O) groups is 2. The molecule has 1 amide bonds. The van der Waals surface area contributed by atoms with Gasteiger partial charge < -0.3 is 9.80 Å². The second kappa shape index (κ2) is 13.2. The number of halogens is 1. The zero-order chi connectivity index (χ0) is 27.1. The maximum atomic E-state index is 13.5. The number of aromatic nitrogens is 2. The van der Waals surface area contributed by atoms with Gasteiger partial charge in [-0.05, 0) is 92.1 Å². The zero-order valence-corrected chi connectivity index (χ0v) is 23.3. The number of rotatable bonds is 11. The van der Waals surface area contributed by atoms with Crippen LogP contribution in [-0.2, 0) is 17.8 Å². The highest BCUT2D eigenvalue weighted by Crippen LogP contribution is 2.24. The SMILES string of the molecule is Cc1cc(F)nc(C)c1C(=O)CCC[C@@H](C)N1CCC(N(Cc2ccsc2)C(=O)Cc2cccnc2)CC1. The Hall–Kier alpha value is -2.97. The summed E-state index contributed by atoms with van der Waals surface area (Å²) in [7, 11) is 0. The molecule has 1 aliphatic rings. The van der Waals surface area contributed by atoms with Gasteiger partial charge in [-0.1, -0.05) is 6.07 Å². The van der Waals surface area contributed by atoms with Crippen molar-refractivity contribution >= 4 is 23.0 Å². The molecule has 4 rings (SSSR count). The lowest BCUT2D eigenvalue weighted by Crippen LogP contribution is -2.49. The molecule has 8 heteroatoms. The second-order valence-corrected chi connectivity index (χ2v) is 11.1. The third kappa shape index (κ3) is 7.32. The number of aryl methyl sites for hydroxylation is 2. The molecule has 38 heavy (non-hydrogen) atoms. The Labute approximate surface area is 228 Å². The standard InChI is InChI=1S/C30H37FN4O2S/c1-21-16-28(31)33-23(3)30(21)27(36)8-4-6-22(2)34-13-9-26(10-14-34)35(19-25-11-15-38-20-25)29(37)17-24-7-5-12-32-18-24/h5,7,11-12,15-16,18,20,22,26H,4,6,8-10,13-14,17,19H2,1-3H3/t22-/m1/s1.